The molecule has 182 valence electrons. The minimum Gasteiger partial charge on any atom is -0.496 e. The molecule has 0 fully saturated rings. The van der Waals surface area contributed by atoms with Crippen molar-refractivity contribution in [2.45, 2.75) is 19.9 Å². The van der Waals surface area contributed by atoms with Crippen molar-refractivity contribution in [3.05, 3.63) is 64.6 Å². The highest BCUT2D eigenvalue weighted by atomic mass is 32.3. The predicted octanol–water partition coefficient (Wildman–Crippen LogP) is 4.86. The molecule has 0 spiro atoms. The Balaban J connectivity index is 1.87. The van der Waals surface area contributed by atoms with E-state index in [0.717, 1.165) is 17.1 Å². The van der Waals surface area contributed by atoms with E-state index in [4.69, 9.17) is 11.2 Å². The number of hydrogen-bond donors (Lipinski definition) is 1. The van der Waals surface area contributed by atoms with E-state index in [1.165, 1.54) is 19.4 Å². The van der Waals surface area contributed by atoms with Crippen LogP contribution < -0.4 is 14.3 Å². The Labute approximate surface area is 205 Å². The number of benzene rings is 2. The van der Waals surface area contributed by atoms with Gasteiger partial charge in [-0.2, -0.15) is 8.42 Å². The van der Waals surface area contributed by atoms with Crippen LogP contribution in [0.2, 0.25) is 0 Å². The van der Waals surface area contributed by atoms with Crippen LogP contribution in [0.25, 0.3) is 44.0 Å². The van der Waals surface area contributed by atoms with E-state index in [9.17, 15) is 17.1 Å². The highest BCUT2D eigenvalue weighted by Gasteiger charge is 2.21. The molecule has 5 aromatic rings. The number of aromatic amines is 1. The van der Waals surface area contributed by atoms with Crippen LogP contribution in [0.3, 0.4) is 0 Å². The minimum atomic E-state index is -5.23. The summed E-state index contributed by atoms with van der Waals surface area (Å²) in [5.41, 5.74) is 3.44. The zero-order valence-corrected chi connectivity index (χ0v) is 20.3. The number of nitrogens with one attached hydrogen (secondary N) is 1. The summed E-state index contributed by atoms with van der Waals surface area (Å²) in [6, 6.07) is 10.1. The van der Waals surface area contributed by atoms with Gasteiger partial charge in [0.05, 0.1) is 29.6 Å². The van der Waals surface area contributed by atoms with E-state index in [1.54, 1.807) is 18.2 Å². The SMILES string of the molecule is C#Cc1ccc2c(c1)[nH]c1c2c(=O)c2cc(OC)c(-c3cncc(OS(=O)(=O)F)c3)cc2n1C(C)C. The molecule has 5 rings (SSSR count). The maximum Gasteiger partial charge on any atom is 0.488 e. The molecule has 0 radical (unpaired) electrons. The smallest absolute Gasteiger partial charge is 0.488 e. The lowest BCUT2D eigenvalue weighted by atomic mass is 10.0. The van der Waals surface area contributed by atoms with Crippen molar-refractivity contribution in [3.8, 4) is 35.0 Å². The van der Waals surface area contributed by atoms with Gasteiger partial charge in [0.15, 0.2) is 11.2 Å². The molecule has 2 aromatic carbocycles. The Bertz CT molecular complexity index is 1900. The molecule has 3 heterocycles. The summed E-state index contributed by atoms with van der Waals surface area (Å²) in [6.45, 7) is 3.99. The molecular formula is C26H20FN3O5S. The van der Waals surface area contributed by atoms with Crippen LogP contribution in [0.1, 0.15) is 25.5 Å². The van der Waals surface area contributed by atoms with Gasteiger partial charge in [0.2, 0.25) is 0 Å². The van der Waals surface area contributed by atoms with Gasteiger partial charge >= 0.3 is 10.5 Å². The molecule has 0 aliphatic heterocycles. The van der Waals surface area contributed by atoms with Crippen molar-refractivity contribution >= 4 is 43.3 Å². The summed E-state index contributed by atoms with van der Waals surface area (Å²) in [7, 11) is -3.77. The van der Waals surface area contributed by atoms with Gasteiger partial charge in [-0.05, 0) is 44.2 Å². The Morgan fingerprint density at radius 2 is 1.92 bits per heavy atom. The summed E-state index contributed by atoms with van der Waals surface area (Å²) in [6.07, 6.45) is 8.10. The van der Waals surface area contributed by atoms with Crippen LogP contribution in [-0.2, 0) is 10.5 Å². The third-order valence-electron chi connectivity index (χ3n) is 5.97. The van der Waals surface area contributed by atoms with Crippen molar-refractivity contribution in [3.63, 3.8) is 0 Å². The Kier molecular flexibility index (Phi) is 5.45. The molecule has 0 amide bonds. The fourth-order valence-electron chi connectivity index (χ4n) is 4.55. The molecule has 0 bridgehead atoms. The van der Waals surface area contributed by atoms with E-state index >= 15 is 0 Å². The van der Waals surface area contributed by atoms with Crippen LogP contribution in [-0.4, -0.2) is 30.1 Å². The standard InChI is InChI=1S/C26H20FN3O5S/c1-5-15-6-7-18-21(8-15)29-26-24(18)25(31)20-11-23(34-4)19(10-22(20)30(26)14(2)3)16-9-17(13-28-12-16)35-36(27,32)33/h1,6-14,29H,2-4H3. The second-order valence-electron chi connectivity index (χ2n) is 8.50. The quantitative estimate of drug-likeness (QED) is 0.270. The molecular weight excluding hydrogens is 485 g/mol. The lowest BCUT2D eigenvalue weighted by molar-refractivity contribution is 0.417. The van der Waals surface area contributed by atoms with Gasteiger partial charge < -0.3 is 18.5 Å². The van der Waals surface area contributed by atoms with E-state index in [-0.39, 0.29) is 17.2 Å². The topological polar surface area (TPSA) is 103 Å². The van der Waals surface area contributed by atoms with Gasteiger partial charge in [-0.15, -0.1) is 6.42 Å². The number of terminal acetylenes is 1. The van der Waals surface area contributed by atoms with Crippen LogP contribution in [0.4, 0.5) is 3.89 Å². The Morgan fingerprint density at radius 3 is 2.58 bits per heavy atom. The summed E-state index contributed by atoms with van der Waals surface area (Å²) >= 11 is 0. The number of methoxy groups -OCH3 is 1. The third-order valence-corrected chi connectivity index (χ3v) is 6.36. The first-order valence-electron chi connectivity index (χ1n) is 10.9. The third kappa shape index (κ3) is 3.83. The Hall–Kier alpha value is -4.36. The molecule has 0 unspecified atom stereocenters. The monoisotopic (exact) mass is 505 g/mol. The summed E-state index contributed by atoms with van der Waals surface area (Å²) in [4.78, 5) is 21.1. The lowest BCUT2D eigenvalue weighted by Crippen LogP contribution is -2.13. The maximum atomic E-state index is 13.7. The van der Waals surface area contributed by atoms with Crippen molar-refractivity contribution in [1.29, 1.82) is 0 Å². The number of rotatable bonds is 5. The van der Waals surface area contributed by atoms with Crippen LogP contribution >= 0.6 is 0 Å². The van der Waals surface area contributed by atoms with Gasteiger partial charge in [0.1, 0.15) is 11.4 Å². The fourth-order valence-corrected chi connectivity index (χ4v) is 4.87. The first-order chi connectivity index (χ1) is 17.1. The van der Waals surface area contributed by atoms with Crippen molar-refractivity contribution in [1.82, 2.24) is 14.5 Å². The van der Waals surface area contributed by atoms with E-state index in [0.29, 0.717) is 44.4 Å². The number of nitrogens with zero attached hydrogens (tertiary/aromatic N) is 2. The maximum absolute atomic E-state index is 13.7. The van der Waals surface area contributed by atoms with Crippen LogP contribution in [0.15, 0.2) is 53.6 Å². The highest BCUT2D eigenvalue weighted by Crippen LogP contribution is 2.37. The largest absolute Gasteiger partial charge is 0.496 e. The first kappa shape index (κ1) is 23.4. The predicted molar refractivity (Wildman–Crippen MR) is 136 cm³/mol. The number of pyridine rings is 2. The minimum absolute atomic E-state index is 0.0542. The Morgan fingerprint density at radius 1 is 1.14 bits per heavy atom. The molecule has 0 aliphatic carbocycles. The van der Waals surface area contributed by atoms with E-state index < -0.39 is 10.5 Å². The summed E-state index contributed by atoms with van der Waals surface area (Å²) in [5.74, 6) is 2.66. The highest BCUT2D eigenvalue weighted by molar-refractivity contribution is 7.81. The fraction of sp³-hybridized carbons (Fsp3) is 0.154. The van der Waals surface area contributed by atoms with Crippen molar-refractivity contribution < 1.29 is 21.2 Å². The number of H-pyrrole nitrogens is 1. The zero-order chi connectivity index (χ0) is 25.8. The average molecular weight is 506 g/mol. The molecule has 0 aliphatic rings. The number of halogens is 1. The van der Waals surface area contributed by atoms with Crippen LogP contribution in [0, 0.1) is 12.3 Å². The van der Waals surface area contributed by atoms with Crippen molar-refractivity contribution in [2.24, 2.45) is 0 Å². The van der Waals surface area contributed by atoms with E-state index in [1.807, 2.05) is 30.5 Å². The van der Waals surface area contributed by atoms with Crippen molar-refractivity contribution in [2.75, 3.05) is 7.11 Å². The molecule has 1 N–H and O–H groups in total. The second-order valence-corrected chi connectivity index (χ2v) is 9.45. The molecule has 3 aromatic heterocycles. The van der Waals surface area contributed by atoms with E-state index in [2.05, 4.69) is 20.1 Å². The first-order valence-corrected chi connectivity index (χ1v) is 12.2. The lowest BCUT2D eigenvalue weighted by Gasteiger charge is -2.19. The molecule has 0 saturated carbocycles. The van der Waals surface area contributed by atoms with Gasteiger partial charge in [-0.1, -0.05) is 15.9 Å². The number of hydrogen-bond acceptors (Lipinski definition) is 6. The van der Waals surface area contributed by atoms with Gasteiger partial charge in [-0.25, -0.2) is 0 Å². The molecule has 0 atom stereocenters. The summed E-state index contributed by atoms with van der Waals surface area (Å²) < 4.78 is 46.9. The molecule has 8 nitrogen and oxygen atoms in total. The normalized spacial score (nSPS) is 11.9. The molecule has 10 heteroatoms. The zero-order valence-electron chi connectivity index (χ0n) is 19.5. The van der Waals surface area contributed by atoms with Gasteiger partial charge in [0.25, 0.3) is 0 Å². The number of fused-ring (bicyclic) bond motifs is 4. The average Bonchev–Trinajstić information content (AvgIpc) is 3.20. The molecule has 36 heavy (non-hydrogen) atoms. The summed E-state index contributed by atoms with van der Waals surface area (Å²) in [5, 5.41) is 1.73. The van der Waals surface area contributed by atoms with Gasteiger partial charge in [0, 0.05) is 39.8 Å². The molecule has 0 saturated heterocycles. The second kappa shape index (κ2) is 8.39. The number of aromatic nitrogens is 3. The van der Waals surface area contributed by atoms with Crippen LogP contribution in [0.5, 0.6) is 11.5 Å². The van der Waals surface area contributed by atoms with Gasteiger partial charge in [-0.3, -0.25) is 9.78 Å². The number of ether oxygens (including phenoxy) is 1.